The highest BCUT2D eigenvalue weighted by Gasteiger charge is 2.24. The maximum atomic E-state index is 13.7. The molecular formula is C25H24N6O4S. The van der Waals surface area contributed by atoms with Crippen LogP contribution in [0, 0.1) is 0 Å². The van der Waals surface area contributed by atoms with Crippen LogP contribution in [0.25, 0.3) is 21.4 Å². The Morgan fingerprint density at radius 3 is 2.58 bits per heavy atom. The Kier molecular flexibility index (Phi) is 6.15. The summed E-state index contributed by atoms with van der Waals surface area (Å²) in [4.78, 5) is 49.5. The van der Waals surface area contributed by atoms with Gasteiger partial charge in [-0.1, -0.05) is 47.7 Å². The number of carbonyl (C=O) groups excluding carboxylic acids is 1. The summed E-state index contributed by atoms with van der Waals surface area (Å²) in [5.74, 6) is 0.390. The number of hydrogen-bond donors (Lipinski definition) is 0. The lowest BCUT2D eigenvalue weighted by atomic mass is 10.2. The van der Waals surface area contributed by atoms with Crippen molar-refractivity contribution in [3.8, 4) is 5.75 Å². The van der Waals surface area contributed by atoms with Gasteiger partial charge in [0.05, 0.1) is 24.2 Å². The molecule has 0 saturated heterocycles. The molecule has 11 heteroatoms. The van der Waals surface area contributed by atoms with Gasteiger partial charge < -0.3 is 9.30 Å². The Morgan fingerprint density at radius 2 is 1.83 bits per heavy atom. The van der Waals surface area contributed by atoms with Crippen LogP contribution in [0.2, 0.25) is 0 Å². The van der Waals surface area contributed by atoms with Crippen LogP contribution in [0.4, 0.5) is 5.13 Å². The van der Waals surface area contributed by atoms with Gasteiger partial charge in [-0.2, -0.15) is 0 Å². The molecule has 10 nitrogen and oxygen atoms in total. The molecule has 3 aromatic heterocycles. The number of nitrogens with zero attached hydrogens (tertiary/aromatic N) is 6. The number of imidazole rings is 1. The Balaban J connectivity index is 1.57. The lowest BCUT2D eigenvalue weighted by Gasteiger charge is -2.20. The first kappa shape index (κ1) is 23.5. The Bertz CT molecular complexity index is 1700. The van der Waals surface area contributed by atoms with E-state index in [4.69, 9.17) is 9.72 Å². The number of aryl methyl sites for hydroxylation is 1. The van der Waals surface area contributed by atoms with Gasteiger partial charge in [0.1, 0.15) is 17.8 Å². The van der Waals surface area contributed by atoms with Gasteiger partial charge in [-0.05, 0) is 24.6 Å². The van der Waals surface area contributed by atoms with E-state index >= 15 is 0 Å². The molecule has 5 rings (SSSR count). The smallest absolute Gasteiger partial charge is 0.332 e. The van der Waals surface area contributed by atoms with Gasteiger partial charge in [0.15, 0.2) is 16.3 Å². The first-order valence-electron chi connectivity index (χ1n) is 11.4. The van der Waals surface area contributed by atoms with Gasteiger partial charge in [0, 0.05) is 14.1 Å². The minimum atomic E-state index is -0.505. The number of thiazole rings is 1. The van der Waals surface area contributed by atoms with Crippen molar-refractivity contribution >= 4 is 43.8 Å². The molecule has 0 radical (unpaired) electrons. The average molecular weight is 505 g/mol. The van der Waals surface area contributed by atoms with Crippen LogP contribution in [0.15, 0.2) is 64.4 Å². The van der Waals surface area contributed by atoms with E-state index in [0.29, 0.717) is 29.5 Å². The van der Waals surface area contributed by atoms with E-state index in [9.17, 15) is 14.4 Å². The van der Waals surface area contributed by atoms with Crippen molar-refractivity contribution in [2.75, 3.05) is 11.5 Å². The predicted octanol–water partition coefficient (Wildman–Crippen LogP) is 2.68. The highest BCUT2D eigenvalue weighted by Crippen LogP contribution is 2.35. The fourth-order valence-electron chi connectivity index (χ4n) is 4.08. The summed E-state index contributed by atoms with van der Waals surface area (Å²) in [6.45, 7) is 2.56. The number of para-hydroxylation sites is 1. The zero-order valence-corrected chi connectivity index (χ0v) is 20.9. The quantitative estimate of drug-likeness (QED) is 0.338. The number of hydrogen-bond acceptors (Lipinski definition) is 7. The Hall–Kier alpha value is -4.25. The van der Waals surface area contributed by atoms with Crippen LogP contribution < -0.4 is 20.9 Å². The van der Waals surface area contributed by atoms with Crippen LogP contribution in [0.5, 0.6) is 5.75 Å². The van der Waals surface area contributed by atoms with Crippen molar-refractivity contribution in [1.29, 1.82) is 0 Å². The third-order valence-electron chi connectivity index (χ3n) is 5.91. The van der Waals surface area contributed by atoms with Crippen LogP contribution in [-0.4, -0.2) is 36.2 Å². The Labute approximate surface area is 209 Å². The number of aromatic nitrogens is 5. The number of ether oxygens (including phenoxy) is 1. The Morgan fingerprint density at radius 1 is 1.06 bits per heavy atom. The molecule has 0 unspecified atom stereocenters. The highest BCUT2D eigenvalue weighted by molar-refractivity contribution is 7.22. The molecule has 0 aliphatic carbocycles. The highest BCUT2D eigenvalue weighted by atomic mass is 32.1. The molecule has 36 heavy (non-hydrogen) atoms. The number of anilines is 1. The van der Waals surface area contributed by atoms with E-state index < -0.39 is 11.2 Å². The molecule has 0 atom stereocenters. The van der Waals surface area contributed by atoms with Crippen LogP contribution >= 0.6 is 11.3 Å². The number of fused-ring (bicyclic) bond motifs is 2. The number of benzene rings is 2. The lowest BCUT2D eigenvalue weighted by Crippen LogP contribution is -2.38. The largest absolute Gasteiger partial charge is 0.492 e. The first-order valence-corrected chi connectivity index (χ1v) is 12.2. The van der Waals surface area contributed by atoms with Crippen LogP contribution in [0.1, 0.15) is 12.5 Å². The van der Waals surface area contributed by atoms with Crippen LogP contribution in [0.3, 0.4) is 0 Å². The molecule has 0 saturated carbocycles. The van der Waals surface area contributed by atoms with Gasteiger partial charge in [0.25, 0.3) is 5.56 Å². The molecule has 0 fully saturated rings. The summed E-state index contributed by atoms with van der Waals surface area (Å²) in [5, 5.41) is 0.524. The van der Waals surface area contributed by atoms with Crippen molar-refractivity contribution in [3.05, 3.63) is 81.3 Å². The predicted molar refractivity (Wildman–Crippen MR) is 139 cm³/mol. The van der Waals surface area contributed by atoms with E-state index in [-0.39, 0.29) is 23.6 Å². The molecule has 0 aliphatic heterocycles. The number of rotatable bonds is 7. The SMILES string of the molecule is CCOc1cccc2sc(N(Cc3ccccc3)C(=O)Cn3cnc4c3c(=O)n(C)c(=O)n4C)nc12. The summed E-state index contributed by atoms with van der Waals surface area (Å²) in [6.07, 6.45) is 1.41. The second-order valence-electron chi connectivity index (χ2n) is 8.25. The summed E-state index contributed by atoms with van der Waals surface area (Å²) < 4.78 is 10.4. The third-order valence-corrected chi connectivity index (χ3v) is 6.95. The number of carbonyl (C=O) groups is 1. The van der Waals surface area contributed by atoms with E-state index in [1.54, 1.807) is 11.9 Å². The number of amides is 1. The van der Waals surface area contributed by atoms with Gasteiger partial charge in [0.2, 0.25) is 5.91 Å². The standard InChI is InChI=1S/C25H24N6O4S/c1-4-35-17-11-8-12-18-20(17)27-24(36-18)31(13-16-9-6-5-7-10-16)19(32)14-30-15-26-22-21(30)23(33)29(3)25(34)28(22)2/h5-12,15H,4,13-14H2,1-3H3. The minimum Gasteiger partial charge on any atom is -0.492 e. The zero-order chi connectivity index (χ0) is 25.4. The van der Waals surface area contributed by atoms with Gasteiger partial charge in [-0.25, -0.2) is 14.8 Å². The molecule has 5 aromatic rings. The monoisotopic (exact) mass is 504 g/mol. The third kappa shape index (κ3) is 4.07. The molecular weight excluding hydrogens is 480 g/mol. The summed E-state index contributed by atoms with van der Waals surface area (Å²) in [6, 6.07) is 15.3. The van der Waals surface area contributed by atoms with Crippen molar-refractivity contribution in [3.63, 3.8) is 0 Å². The maximum Gasteiger partial charge on any atom is 0.332 e. The molecule has 0 N–H and O–H groups in total. The molecule has 0 aliphatic rings. The van der Waals surface area contributed by atoms with Crippen molar-refractivity contribution < 1.29 is 9.53 Å². The maximum absolute atomic E-state index is 13.7. The van der Waals surface area contributed by atoms with Crippen LogP contribution in [-0.2, 0) is 32.0 Å². The van der Waals surface area contributed by atoms with Gasteiger partial charge >= 0.3 is 5.69 Å². The average Bonchev–Trinajstić information content (AvgIpc) is 3.50. The molecule has 184 valence electrons. The summed E-state index contributed by atoms with van der Waals surface area (Å²) in [5.41, 5.74) is 1.07. The zero-order valence-electron chi connectivity index (χ0n) is 20.0. The van der Waals surface area contributed by atoms with Crippen molar-refractivity contribution in [2.45, 2.75) is 20.0 Å². The molecule has 2 aromatic carbocycles. The fourth-order valence-corrected chi connectivity index (χ4v) is 5.08. The topological polar surface area (TPSA) is 104 Å². The van der Waals surface area contributed by atoms with Crippen molar-refractivity contribution in [1.82, 2.24) is 23.7 Å². The minimum absolute atomic E-state index is 0.148. The van der Waals surface area contributed by atoms with E-state index in [0.717, 1.165) is 14.8 Å². The second kappa shape index (κ2) is 9.42. The van der Waals surface area contributed by atoms with E-state index in [2.05, 4.69) is 4.98 Å². The molecule has 3 heterocycles. The molecule has 0 spiro atoms. The van der Waals surface area contributed by atoms with E-state index in [1.807, 2.05) is 55.5 Å². The normalized spacial score (nSPS) is 11.3. The van der Waals surface area contributed by atoms with Gasteiger partial charge in [-0.3, -0.25) is 23.6 Å². The fraction of sp³-hybridized carbons (Fsp3) is 0.240. The molecule has 0 bridgehead atoms. The van der Waals surface area contributed by atoms with E-state index in [1.165, 1.54) is 33.8 Å². The lowest BCUT2D eigenvalue weighted by molar-refractivity contribution is -0.119. The van der Waals surface area contributed by atoms with Crippen molar-refractivity contribution in [2.24, 2.45) is 14.1 Å². The first-order chi connectivity index (χ1) is 17.4. The molecule has 1 amide bonds. The second-order valence-corrected chi connectivity index (χ2v) is 9.26. The van der Waals surface area contributed by atoms with Gasteiger partial charge in [-0.15, -0.1) is 0 Å². The summed E-state index contributed by atoms with van der Waals surface area (Å²) in [7, 11) is 2.95. The summed E-state index contributed by atoms with van der Waals surface area (Å²) >= 11 is 1.40.